The first-order valence-corrected chi connectivity index (χ1v) is 30.8. The number of phenolic OH excluding ortho intramolecular Hbond substituents is 3. The number of piperidine rings is 1. The molecule has 9 heterocycles. The number of aromatic nitrogens is 1. The lowest BCUT2D eigenvalue weighted by molar-refractivity contribution is 0.218. The van der Waals surface area contributed by atoms with Gasteiger partial charge >= 0.3 is 33.8 Å². The minimum absolute atomic E-state index is 0.0199. The number of para-hydroxylation sites is 3. The van der Waals surface area contributed by atoms with Crippen molar-refractivity contribution in [3.05, 3.63) is 255 Å². The lowest BCUT2D eigenvalue weighted by Crippen LogP contribution is -2.29. The van der Waals surface area contributed by atoms with Gasteiger partial charge in [-0.15, -0.1) is 0 Å². The Bertz CT molecular complexity index is 5370. The third kappa shape index (κ3) is 12.9. The fourth-order valence-corrected chi connectivity index (χ4v) is 12.4. The second-order valence-electron chi connectivity index (χ2n) is 23.2. The van der Waals surface area contributed by atoms with Crippen LogP contribution in [0.4, 0.5) is 0 Å². The highest BCUT2D eigenvalue weighted by Crippen LogP contribution is 2.38. The second-order valence-corrected chi connectivity index (χ2v) is 23.2. The monoisotopic (exact) mass is 1250 g/mol. The van der Waals surface area contributed by atoms with E-state index in [-0.39, 0.29) is 28.4 Å². The van der Waals surface area contributed by atoms with E-state index in [9.17, 15) is 44.1 Å². The molecule has 2 aliphatic rings. The lowest BCUT2D eigenvalue weighted by Gasteiger charge is -2.26. The van der Waals surface area contributed by atoms with E-state index in [1.54, 1.807) is 103 Å². The summed E-state index contributed by atoms with van der Waals surface area (Å²) in [5, 5.41) is 35.7. The van der Waals surface area contributed by atoms with Crippen molar-refractivity contribution in [3.8, 4) is 50.6 Å². The number of nitrogens with zero attached hydrogens (tertiary/aromatic N) is 4. The molecule has 13 aromatic rings. The van der Waals surface area contributed by atoms with Crippen LogP contribution < -0.4 is 33.8 Å². The molecule has 7 aromatic heterocycles. The second kappa shape index (κ2) is 26.5. The molecule has 0 bridgehead atoms. The van der Waals surface area contributed by atoms with Crippen molar-refractivity contribution in [1.82, 2.24) is 19.7 Å². The highest BCUT2D eigenvalue weighted by Gasteiger charge is 2.25. The molecule has 0 saturated carbocycles. The van der Waals surface area contributed by atoms with Crippen LogP contribution >= 0.6 is 0 Å². The van der Waals surface area contributed by atoms with Crippen LogP contribution in [0, 0.1) is 0 Å². The van der Waals surface area contributed by atoms with Crippen molar-refractivity contribution in [1.29, 1.82) is 0 Å². The Labute approximate surface area is 528 Å². The summed E-state index contributed by atoms with van der Waals surface area (Å²) in [6.07, 6.45) is 9.11. The van der Waals surface area contributed by atoms with E-state index in [0.717, 1.165) is 73.6 Å². The Balaban J connectivity index is 0.000000127. The quantitative estimate of drug-likeness (QED) is 0.0960. The predicted octanol–water partition coefficient (Wildman–Crippen LogP) is 12.8. The lowest BCUT2D eigenvalue weighted by atomic mass is 9.99. The van der Waals surface area contributed by atoms with Crippen molar-refractivity contribution in [2.24, 2.45) is 0 Å². The van der Waals surface area contributed by atoms with Crippen molar-refractivity contribution in [2.45, 2.75) is 65.2 Å². The summed E-state index contributed by atoms with van der Waals surface area (Å²) in [5.74, 6) is 0.181. The van der Waals surface area contributed by atoms with E-state index < -0.39 is 33.8 Å². The van der Waals surface area contributed by atoms with Crippen LogP contribution in [0.15, 0.2) is 225 Å². The molecule has 3 N–H and O–H groups in total. The van der Waals surface area contributed by atoms with Gasteiger partial charge in [0.1, 0.15) is 50.7 Å². The minimum Gasteiger partial charge on any atom is -0.507 e. The van der Waals surface area contributed by atoms with E-state index in [1.807, 2.05) is 55.5 Å². The average Bonchev–Trinajstić information content (AvgIpc) is 1.09. The number of aromatic hydroxyl groups is 3. The molecule has 19 heteroatoms. The Kier molecular flexibility index (Phi) is 17.3. The molecule has 0 aliphatic carbocycles. The van der Waals surface area contributed by atoms with Gasteiger partial charge in [0.25, 0.3) is 0 Å². The number of pyridine rings is 1. The Morgan fingerprint density at radius 1 is 0.398 bits per heavy atom. The van der Waals surface area contributed by atoms with Gasteiger partial charge in [0.15, 0.2) is 0 Å². The van der Waals surface area contributed by atoms with Crippen LogP contribution in [-0.4, -0.2) is 67.7 Å². The standard InChI is InChI=1S/C27H22N2O5.C24H21NO5.C23H19NO5/c1-2-29(15-17-9-11-28-12-10-17)16-22-23(30)8-7-19-20(14-25(31)34-26(19)22)21-13-18-5-3-4-6-24(18)33-27(21)32;26-20-9-8-16-17(18-12-15-6-2-3-7-21(15)29-24(18)28)13-22(27)30-23(16)19(20)14-25-10-4-1-5-11-25;25-19-8-7-15-16(17-11-14-5-1-2-6-20(14)28-23(17)27)12-21(26)29-22(15)18(19)13-24-9-3-4-10-24/h3-14,30H,2,15-16H2,1H3;2-3,6-9,12-13,26H,1,4-5,10-11,14H2;1-2,5-8,11-12,25H,3-4,9-10,13H2. The summed E-state index contributed by atoms with van der Waals surface area (Å²) in [5.41, 5.74) is 3.80. The normalized spacial score (nSPS) is 13.7. The zero-order valence-corrected chi connectivity index (χ0v) is 50.6. The van der Waals surface area contributed by atoms with Crippen molar-refractivity contribution >= 4 is 65.8 Å². The molecule has 0 amide bonds. The Morgan fingerprint density at radius 3 is 1.14 bits per heavy atom. The van der Waals surface area contributed by atoms with Crippen LogP contribution in [0.25, 0.3) is 99.2 Å². The number of likely N-dealkylation sites (tertiary alicyclic amines) is 2. The highest BCUT2D eigenvalue weighted by molar-refractivity contribution is 5.99. The fourth-order valence-electron chi connectivity index (χ4n) is 12.4. The minimum atomic E-state index is -0.612. The maximum atomic E-state index is 12.8. The topological polar surface area (TPSA) is 265 Å². The molecule has 0 unspecified atom stereocenters. The van der Waals surface area contributed by atoms with Gasteiger partial charge in [0.05, 0.1) is 33.4 Å². The Hall–Kier alpha value is -11.0. The van der Waals surface area contributed by atoms with Gasteiger partial charge in [-0.2, -0.15) is 0 Å². The zero-order chi connectivity index (χ0) is 64.3. The first-order valence-electron chi connectivity index (χ1n) is 30.8. The van der Waals surface area contributed by atoms with E-state index in [0.29, 0.717) is 121 Å². The first-order chi connectivity index (χ1) is 45.2. The SMILES string of the molecule is CCN(Cc1ccncc1)Cc1c(O)ccc2c(-c3cc4ccccc4oc3=O)cc(=O)oc12.O=c1cc(-c2cc3ccccc3oc2=O)c2ccc(O)c(CN3CCCC3)c2o1.O=c1cc(-c2cc3ccccc3oc2=O)c2ccc(O)c(CN3CCCCC3)c2o1. The van der Waals surface area contributed by atoms with Crippen LogP contribution in [-0.2, 0) is 26.2 Å². The summed E-state index contributed by atoms with van der Waals surface area (Å²) in [7, 11) is 0. The number of hydrogen-bond acceptors (Lipinski definition) is 19. The molecule has 19 nitrogen and oxygen atoms in total. The number of rotatable bonds is 12. The van der Waals surface area contributed by atoms with Crippen LogP contribution in [0.3, 0.4) is 0 Å². The van der Waals surface area contributed by atoms with E-state index in [1.165, 1.54) is 24.6 Å². The van der Waals surface area contributed by atoms with Crippen LogP contribution in [0.1, 0.15) is 61.3 Å². The van der Waals surface area contributed by atoms with Crippen LogP contribution in [0.2, 0.25) is 0 Å². The third-order valence-corrected chi connectivity index (χ3v) is 17.2. The average molecular weight is 1250 g/mol. The van der Waals surface area contributed by atoms with E-state index >= 15 is 0 Å². The summed E-state index contributed by atoms with van der Waals surface area (Å²) in [4.78, 5) is 86.1. The number of benzene rings is 6. The Morgan fingerprint density at radius 2 is 0.753 bits per heavy atom. The van der Waals surface area contributed by atoms with Gasteiger partial charge in [0, 0.05) is 106 Å². The van der Waals surface area contributed by atoms with Gasteiger partial charge in [-0.3, -0.25) is 19.7 Å². The summed E-state index contributed by atoms with van der Waals surface area (Å²) in [6, 6.07) is 44.3. The summed E-state index contributed by atoms with van der Waals surface area (Å²) in [6.45, 7) is 8.43. The summed E-state index contributed by atoms with van der Waals surface area (Å²) >= 11 is 0. The molecular formula is C74H62N4O15. The van der Waals surface area contributed by atoms with E-state index in [4.69, 9.17) is 26.5 Å². The molecule has 0 spiro atoms. The molecule has 0 radical (unpaired) electrons. The smallest absolute Gasteiger partial charge is 0.344 e. The van der Waals surface area contributed by atoms with Crippen molar-refractivity contribution < 1.29 is 41.8 Å². The molecule has 2 fully saturated rings. The molecule has 6 aromatic carbocycles. The fraction of sp³-hybridized carbons (Fsp3) is 0.203. The van der Waals surface area contributed by atoms with Gasteiger partial charge in [0.2, 0.25) is 0 Å². The zero-order valence-electron chi connectivity index (χ0n) is 50.6. The third-order valence-electron chi connectivity index (χ3n) is 17.2. The van der Waals surface area contributed by atoms with Crippen molar-refractivity contribution in [2.75, 3.05) is 32.7 Å². The van der Waals surface area contributed by atoms with Crippen LogP contribution in [0.5, 0.6) is 17.2 Å². The van der Waals surface area contributed by atoms with Gasteiger partial charge in [-0.25, -0.2) is 28.8 Å². The maximum Gasteiger partial charge on any atom is 0.344 e. The molecule has 2 aliphatic heterocycles. The molecule has 2 saturated heterocycles. The predicted molar refractivity (Wildman–Crippen MR) is 355 cm³/mol. The number of hydrogen-bond donors (Lipinski definition) is 3. The first kappa shape index (κ1) is 60.9. The number of fused-ring (bicyclic) bond motifs is 6. The maximum absolute atomic E-state index is 12.8. The summed E-state index contributed by atoms with van der Waals surface area (Å²) < 4.78 is 33.0. The molecule has 93 heavy (non-hydrogen) atoms. The molecule has 468 valence electrons. The van der Waals surface area contributed by atoms with Gasteiger partial charge in [-0.05, 0) is 149 Å². The van der Waals surface area contributed by atoms with E-state index in [2.05, 4.69) is 19.7 Å². The molecule has 15 rings (SSSR count). The van der Waals surface area contributed by atoms with Gasteiger partial charge in [-0.1, -0.05) is 67.9 Å². The highest BCUT2D eigenvalue weighted by atomic mass is 16.4. The largest absolute Gasteiger partial charge is 0.507 e. The molecular weight excluding hydrogens is 1180 g/mol. The molecule has 0 atom stereocenters. The van der Waals surface area contributed by atoms with Gasteiger partial charge < -0.3 is 41.8 Å². The number of phenols is 3. The van der Waals surface area contributed by atoms with Crippen molar-refractivity contribution in [3.63, 3.8) is 0 Å².